The third-order valence-electron chi connectivity index (χ3n) is 17.1. The summed E-state index contributed by atoms with van der Waals surface area (Å²) in [5.74, 6) is -1.97. The van der Waals surface area contributed by atoms with Gasteiger partial charge in [-0.3, -0.25) is 9.59 Å². The Bertz CT molecular complexity index is 1500. The number of carbonyl (C=O) groups is 3. The maximum atomic E-state index is 13.0. The zero-order chi connectivity index (χ0) is 62.6. The fraction of sp³-hybridized carbons (Fsp3) is 0.883. The van der Waals surface area contributed by atoms with Crippen molar-refractivity contribution in [2.45, 2.75) is 392 Å². The molecule has 0 aromatic heterocycles. The maximum absolute atomic E-state index is 13.0. The number of nitrogens with zero attached hydrogens (tertiary/aromatic N) is 1. The Kier molecular flexibility index (Phi) is 66.4. The van der Waals surface area contributed by atoms with E-state index in [2.05, 4.69) is 50.3 Å². The number of unbranched alkanes of at least 4 members (excludes halogenated alkanes) is 50. The second-order valence-electron chi connectivity index (χ2n) is 27.0. The molecule has 506 valence electrons. The minimum atomic E-state index is -1.51. The number of carbonyl (C=O) groups excluding carboxylic acids is 2. The van der Waals surface area contributed by atoms with Crippen LogP contribution in [0, 0.1) is 0 Å². The smallest absolute Gasteiger partial charge is 0.361 e. The van der Waals surface area contributed by atoms with Crippen molar-refractivity contribution in [2.24, 2.45) is 0 Å². The SMILES string of the molecule is CCCCCCC/C=C\C/C=C\C/C=C\CCCCCCCCCCCCCCCCCCCCCCCCCCC(=O)OC(COC(=O)CCCCCCCCCCCCCCCCCCCCCCCC)COC(OCC[N+](C)(C)C)C(=O)O. The summed E-state index contributed by atoms with van der Waals surface area (Å²) in [5.41, 5.74) is 0. The second-order valence-corrected chi connectivity index (χ2v) is 27.0. The maximum Gasteiger partial charge on any atom is 0.361 e. The number of ether oxygens (including phenoxy) is 4. The molecule has 0 rings (SSSR count). The van der Waals surface area contributed by atoms with E-state index in [1.165, 1.54) is 302 Å². The molecule has 0 saturated heterocycles. The largest absolute Gasteiger partial charge is 0.477 e. The third-order valence-corrected chi connectivity index (χ3v) is 17.1. The Balaban J connectivity index is 3.96. The van der Waals surface area contributed by atoms with Crippen molar-refractivity contribution in [1.82, 2.24) is 0 Å². The van der Waals surface area contributed by atoms with Crippen LogP contribution in [0.2, 0.25) is 0 Å². The van der Waals surface area contributed by atoms with E-state index in [0.29, 0.717) is 17.4 Å². The molecule has 0 aliphatic heterocycles. The summed E-state index contributed by atoms with van der Waals surface area (Å²) in [7, 11) is 5.99. The van der Waals surface area contributed by atoms with Gasteiger partial charge in [0.25, 0.3) is 6.29 Å². The highest BCUT2D eigenvalue weighted by atomic mass is 16.7. The zero-order valence-electron chi connectivity index (χ0n) is 58.0. The van der Waals surface area contributed by atoms with E-state index in [4.69, 9.17) is 18.9 Å². The van der Waals surface area contributed by atoms with Crippen LogP contribution < -0.4 is 0 Å². The lowest BCUT2D eigenvalue weighted by Crippen LogP contribution is -2.40. The minimum Gasteiger partial charge on any atom is -0.477 e. The van der Waals surface area contributed by atoms with Crippen LogP contribution in [-0.4, -0.2) is 87.4 Å². The van der Waals surface area contributed by atoms with Crippen LogP contribution in [-0.2, 0) is 33.3 Å². The van der Waals surface area contributed by atoms with E-state index in [0.717, 1.165) is 51.4 Å². The van der Waals surface area contributed by atoms with Gasteiger partial charge in [0.15, 0.2) is 6.10 Å². The Hall–Kier alpha value is -2.49. The monoisotopic (exact) mass is 1210 g/mol. The number of quaternary nitrogens is 1. The summed E-state index contributed by atoms with van der Waals surface area (Å²) in [6.45, 7) is 4.94. The number of hydrogen-bond donors (Lipinski definition) is 1. The van der Waals surface area contributed by atoms with Crippen LogP contribution >= 0.6 is 0 Å². The van der Waals surface area contributed by atoms with Crippen LogP contribution in [0.1, 0.15) is 380 Å². The summed E-state index contributed by atoms with van der Waals surface area (Å²) in [5, 5.41) is 9.75. The standard InChI is InChI=1S/C77H145NO8/c1-6-8-10-12-14-16-18-20-22-24-26-28-30-31-32-33-34-35-36-37-38-39-40-41-42-43-44-45-46-48-50-52-54-56-58-60-62-64-66-68-75(80)86-73(72-85-77(76(81)82)83-70-69-78(3,4)5)71-84-74(79)67-65-63-61-59-57-55-53-51-49-47-29-27-25-23-21-19-17-15-13-11-9-7-2/h18,20,24,26,30-31,73,77H,6-17,19,21-23,25,27-29,32-72H2,1-5H3/p+1/b20-18-,26-24-,31-30-. The van der Waals surface area contributed by atoms with E-state index in [1.54, 1.807) is 0 Å². The molecule has 0 saturated carbocycles. The molecule has 9 nitrogen and oxygen atoms in total. The molecule has 0 aromatic rings. The zero-order valence-corrected chi connectivity index (χ0v) is 58.0. The first-order chi connectivity index (χ1) is 42.1. The lowest BCUT2D eigenvalue weighted by molar-refractivity contribution is -0.870. The van der Waals surface area contributed by atoms with Crippen LogP contribution in [0.4, 0.5) is 0 Å². The van der Waals surface area contributed by atoms with Crippen LogP contribution in [0.25, 0.3) is 0 Å². The van der Waals surface area contributed by atoms with Crippen molar-refractivity contribution in [3.05, 3.63) is 36.5 Å². The van der Waals surface area contributed by atoms with Gasteiger partial charge in [0.05, 0.1) is 34.4 Å². The van der Waals surface area contributed by atoms with E-state index in [-0.39, 0.29) is 38.2 Å². The normalized spacial score (nSPS) is 12.8. The Morgan fingerprint density at radius 3 is 0.930 bits per heavy atom. The van der Waals surface area contributed by atoms with Crippen LogP contribution in [0.3, 0.4) is 0 Å². The van der Waals surface area contributed by atoms with Gasteiger partial charge >= 0.3 is 17.9 Å². The number of rotatable bonds is 71. The van der Waals surface area contributed by atoms with Gasteiger partial charge in [0, 0.05) is 12.8 Å². The molecule has 9 heteroatoms. The van der Waals surface area contributed by atoms with E-state index < -0.39 is 18.4 Å². The predicted molar refractivity (Wildman–Crippen MR) is 369 cm³/mol. The van der Waals surface area contributed by atoms with Gasteiger partial charge in [-0.15, -0.1) is 0 Å². The highest BCUT2D eigenvalue weighted by molar-refractivity contribution is 5.71. The molecule has 0 aliphatic carbocycles. The van der Waals surface area contributed by atoms with Gasteiger partial charge in [-0.1, -0.05) is 352 Å². The van der Waals surface area contributed by atoms with Crippen LogP contribution in [0.15, 0.2) is 36.5 Å². The molecule has 0 fully saturated rings. The molecule has 0 amide bonds. The predicted octanol–water partition coefficient (Wildman–Crippen LogP) is 23.5. The van der Waals surface area contributed by atoms with E-state index >= 15 is 0 Å². The third kappa shape index (κ3) is 69.0. The lowest BCUT2D eigenvalue weighted by Gasteiger charge is -2.25. The molecule has 86 heavy (non-hydrogen) atoms. The topological polar surface area (TPSA) is 108 Å². The van der Waals surface area contributed by atoms with Gasteiger partial charge in [0.2, 0.25) is 0 Å². The highest BCUT2D eigenvalue weighted by Gasteiger charge is 2.25. The van der Waals surface area contributed by atoms with Crippen molar-refractivity contribution >= 4 is 17.9 Å². The van der Waals surface area contributed by atoms with Crippen molar-refractivity contribution in [2.75, 3.05) is 47.5 Å². The van der Waals surface area contributed by atoms with Crippen molar-refractivity contribution in [3.63, 3.8) is 0 Å². The van der Waals surface area contributed by atoms with Gasteiger partial charge in [-0.25, -0.2) is 4.79 Å². The summed E-state index contributed by atoms with van der Waals surface area (Å²) in [6, 6.07) is 0. The Morgan fingerprint density at radius 2 is 0.628 bits per heavy atom. The van der Waals surface area contributed by atoms with Crippen molar-refractivity contribution < 1.29 is 42.9 Å². The summed E-state index contributed by atoms with van der Waals surface area (Å²) in [6.07, 6.45) is 84.3. The number of allylic oxidation sites excluding steroid dienone is 6. The van der Waals surface area contributed by atoms with Crippen molar-refractivity contribution in [3.8, 4) is 0 Å². The van der Waals surface area contributed by atoms with Gasteiger partial charge in [0.1, 0.15) is 13.2 Å². The average Bonchev–Trinajstić information content (AvgIpc) is 3.63. The number of carboxylic acid groups (broad SMARTS) is 1. The molecular formula is C77H146NO8+. The molecule has 0 aliphatic rings. The Labute approximate surface area is 534 Å². The number of hydrogen-bond acceptors (Lipinski definition) is 7. The molecule has 2 atom stereocenters. The minimum absolute atomic E-state index is 0.174. The second kappa shape index (κ2) is 68.4. The molecule has 2 unspecified atom stereocenters. The van der Waals surface area contributed by atoms with Gasteiger partial charge < -0.3 is 28.5 Å². The fourth-order valence-corrected chi connectivity index (χ4v) is 11.4. The number of aliphatic carboxylic acids is 1. The molecular weight excluding hydrogens is 1070 g/mol. The molecule has 0 aromatic carbocycles. The number of esters is 2. The van der Waals surface area contributed by atoms with Crippen LogP contribution in [0.5, 0.6) is 0 Å². The molecule has 0 bridgehead atoms. The molecule has 0 heterocycles. The highest BCUT2D eigenvalue weighted by Crippen LogP contribution is 2.19. The van der Waals surface area contributed by atoms with E-state index in [1.807, 2.05) is 21.1 Å². The summed E-state index contributed by atoms with van der Waals surface area (Å²) in [4.78, 5) is 37.6. The first kappa shape index (κ1) is 83.5. The molecule has 1 N–H and O–H groups in total. The summed E-state index contributed by atoms with van der Waals surface area (Å²) >= 11 is 0. The number of carboxylic acids is 1. The Morgan fingerprint density at radius 1 is 0.349 bits per heavy atom. The fourth-order valence-electron chi connectivity index (χ4n) is 11.4. The summed E-state index contributed by atoms with van der Waals surface area (Å²) < 4.78 is 23.0. The lowest BCUT2D eigenvalue weighted by atomic mass is 10.0. The number of likely N-dealkylation sites (N-methyl/N-ethyl adjacent to an activating group) is 1. The van der Waals surface area contributed by atoms with Gasteiger partial charge in [-0.05, 0) is 51.4 Å². The van der Waals surface area contributed by atoms with Gasteiger partial charge in [-0.2, -0.15) is 0 Å². The average molecular weight is 1210 g/mol. The molecule has 0 spiro atoms. The van der Waals surface area contributed by atoms with E-state index in [9.17, 15) is 19.5 Å². The first-order valence-electron chi connectivity index (χ1n) is 37.7. The molecule has 0 radical (unpaired) electrons. The first-order valence-corrected chi connectivity index (χ1v) is 37.7. The van der Waals surface area contributed by atoms with Crippen molar-refractivity contribution in [1.29, 1.82) is 0 Å². The quantitative estimate of drug-likeness (QED) is 0.0211.